The maximum Gasteiger partial charge on any atom is 0.264 e. The van der Waals surface area contributed by atoms with Crippen LogP contribution in [-0.2, 0) is 10.0 Å². The first-order valence-electron chi connectivity index (χ1n) is 7.11. The van der Waals surface area contributed by atoms with Gasteiger partial charge in [0.15, 0.2) is 0 Å². The molecule has 0 amide bonds. The highest BCUT2D eigenvalue weighted by molar-refractivity contribution is 7.92. The van der Waals surface area contributed by atoms with Gasteiger partial charge in [-0.25, -0.2) is 8.42 Å². The van der Waals surface area contributed by atoms with Crippen LogP contribution >= 0.6 is 0 Å². The minimum Gasteiger partial charge on any atom is -0.266 e. The normalized spacial score (nSPS) is 11.4. The predicted octanol–water partition coefficient (Wildman–Crippen LogP) is 3.91. The number of anilines is 1. The quantitative estimate of drug-likeness (QED) is 0.840. The van der Waals surface area contributed by atoms with Crippen LogP contribution in [0.15, 0.2) is 53.4 Å². The second kappa shape index (κ2) is 6.31. The summed E-state index contributed by atoms with van der Waals surface area (Å²) >= 11 is 0. The summed E-state index contributed by atoms with van der Waals surface area (Å²) in [6, 6.07) is 14.6. The van der Waals surface area contributed by atoms with Crippen LogP contribution in [0.5, 0.6) is 0 Å². The van der Waals surface area contributed by atoms with Crippen molar-refractivity contribution in [3.63, 3.8) is 0 Å². The first kappa shape index (κ1) is 15.6. The molecule has 3 nitrogen and oxygen atoms in total. The lowest BCUT2D eigenvalue weighted by Gasteiger charge is -2.24. The Morgan fingerprint density at radius 2 is 1.62 bits per heavy atom. The van der Waals surface area contributed by atoms with Gasteiger partial charge in [-0.3, -0.25) is 4.31 Å². The van der Waals surface area contributed by atoms with E-state index in [1.165, 1.54) is 4.31 Å². The van der Waals surface area contributed by atoms with E-state index in [-0.39, 0.29) is 0 Å². The molecule has 0 fully saturated rings. The first-order chi connectivity index (χ1) is 9.95. The zero-order valence-electron chi connectivity index (χ0n) is 12.7. The Bertz CT molecular complexity index is 706. The summed E-state index contributed by atoms with van der Waals surface area (Å²) < 4.78 is 27.2. The topological polar surface area (TPSA) is 37.4 Å². The van der Waals surface area contributed by atoms with Crippen LogP contribution in [0, 0.1) is 13.8 Å². The lowest BCUT2D eigenvalue weighted by atomic mass is 10.2. The van der Waals surface area contributed by atoms with E-state index in [4.69, 9.17) is 0 Å². The van der Waals surface area contributed by atoms with Crippen molar-refractivity contribution in [3.8, 4) is 0 Å². The second-order valence-electron chi connectivity index (χ2n) is 5.23. The lowest BCUT2D eigenvalue weighted by molar-refractivity contribution is 0.590. The van der Waals surface area contributed by atoms with Crippen LogP contribution in [0.25, 0.3) is 0 Å². The molecule has 0 saturated heterocycles. The molecule has 0 atom stereocenters. The molecule has 0 aromatic heterocycles. The Labute approximate surface area is 127 Å². The highest BCUT2D eigenvalue weighted by atomic mass is 32.2. The molecule has 2 rings (SSSR count). The van der Waals surface area contributed by atoms with Crippen molar-refractivity contribution in [1.29, 1.82) is 0 Å². The molecule has 2 aromatic carbocycles. The van der Waals surface area contributed by atoms with E-state index in [9.17, 15) is 8.42 Å². The summed E-state index contributed by atoms with van der Waals surface area (Å²) in [7, 11) is -3.52. The van der Waals surface area contributed by atoms with Gasteiger partial charge in [0.2, 0.25) is 0 Å². The Kier molecular flexibility index (Phi) is 4.68. The molecule has 0 aliphatic heterocycles. The Morgan fingerprint density at radius 3 is 2.19 bits per heavy atom. The van der Waals surface area contributed by atoms with Crippen LogP contribution in [0.4, 0.5) is 5.69 Å². The average Bonchev–Trinajstić information content (AvgIpc) is 2.45. The van der Waals surface area contributed by atoms with Crippen molar-refractivity contribution < 1.29 is 8.42 Å². The van der Waals surface area contributed by atoms with Crippen molar-refractivity contribution in [2.24, 2.45) is 0 Å². The summed E-state index contributed by atoms with van der Waals surface area (Å²) in [5.41, 5.74) is 2.82. The van der Waals surface area contributed by atoms with E-state index in [0.29, 0.717) is 11.4 Å². The maximum absolute atomic E-state index is 12.9. The van der Waals surface area contributed by atoms with Gasteiger partial charge < -0.3 is 0 Å². The van der Waals surface area contributed by atoms with E-state index in [1.807, 2.05) is 57.2 Å². The standard InChI is InChI=1S/C17H21NO2S/c1-4-12-18(16-7-5-6-15(3)13-16)21(19,20)17-10-8-14(2)9-11-17/h5-11,13H,4,12H2,1-3H3. The van der Waals surface area contributed by atoms with Crippen molar-refractivity contribution in [2.75, 3.05) is 10.8 Å². The zero-order chi connectivity index (χ0) is 15.5. The number of nitrogens with zero attached hydrogens (tertiary/aromatic N) is 1. The fourth-order valence-corrected chi connectivity index (χ4v) is 3.76. The SMILES string of the molecule is CCCN(c1cccc(C)c1)S(=O)(=O)c1ccc(C)cc1. The third-order valence-corrected chi connectivity index (χ3v) is 5.17. The highest BCUT2D eigenvalue weighted by Crippen LogP contribution is 2.25. The van der Waals surface area contributed by atoms with Crippen LogP contribution in [0.1, 0.15) is 24.5 Å². The van der Waals surface area contributed by atoms with Gasteiger partial charge in [0, 0.05) is 6.54 Å². The number of hydrogen-bond donors (Lipinski definition) is 0. The average molecular weight is 303 g/mol. The van der Waals surface area contributed by atoms with E-state index in [0.717, 1.165) is 23.2 Å². The second-order valence-corrected chi connectivity index (χ2v) is 7.09. The van der Waals surface area contributed by atoms with E-state index in [1.54, 1.807) is 12.1 Å². The molecule has 112 valence electrons. The molecule has 0 aliphatic carbocycles. The minimum absolute atomic E-state index is 0.336. The molecule has 0 heterocycles. The summed E-state index contributed by atoms with van der Waals surface area (Å²) in [5.74, 6) is 0. The molecule has 4 heteroatoms. The summed E-state index contributed by atoms with van der Waals surface area (Å²) in [4.78, 5) is 0.336. The van der Waals surface area contributed by atoms with Gasteiger partial charge in [0.1, 0.15) is 0 Å². The lowest BCUT2D eigenvalue weighted by Crippen LogP contribution is -2.31. The van der Waals surface area contributed by atoms with Crippen LogP contribution in [-0.4, -0.2) is 15.0 Å². The van der Waals surface area contributed by atoms with Gasteiger partial charge in [-0.15, -0.1) is 0 Å². The van der Waals surface area contributed by atoms with E-state index >= 15 is 0 Å². The van der Waals surface area contributed by atoms with Gasteiger partial charge >= 0.3 is 0 Å². The largest absolute Gasteiger partial charge is 0.266 e. The number of benzene rings is 2. The summed E-state index contributed by atoms with van der Waals surface area (Å²) in [6.07, 6.45) is 0.763. The number of sulfonamides is 1. The Hall–Kier alpha value is -1.81. The molecule has 0 spiro atoms. The monoisotopic (exact) mass is 303 g/mol. The summed E-state index contributed by atoms with van der Waals surface area (Å²) in [5, 5.41) is 0. The van der Waals surface area contributed by atoms with E-state index < -0.39 is 10.0 Å². The van der Waals surface area contributed by atoms with Crippen LogP contribution in [0.3, 0.4) is 0 Å². The van der Waals surface area contributed by atoms with Crippen molar-refractivity contribution >= 4 is 15.7 Å². The third kappa shape index (κ3) is 3.45. The molecule has 0 aliphatic rings. The Morgan fingerprint density at radius 1 is 0.952 bits per heavy atom. The van der Waals surface area contributed by atoms with Crippen molar-refractivity contribution in [2.45, 2.75) is 32.1 Å². The molecule has 0 radical (unpaired) electrons. The van der Waals surface area contributed by atoms with Gasteiger partial charge in [0.25, 0.3) is 10.0 Å². The van der Waals surface area contributed by atoms with Crippen molar-refractivity contribution in [1.82, 2.24) is 0 Å². The van der Waals surface area contributed by atoms with Crippen LogP contribution < -0.4 is 4.31 Å². The fourth-order valence-electron chi connectivity index (χ4n) is 2.21. The molecule has 0 unspecified atom stereocenters. The molecular weight excluding hydrogens is 282 g/mol. The van der Waals surface area contributed by atoms with Gasteiger partial charge in [0.05, 0.1) is 10.6 Å². The number of rotatable bonds is 5. The van der Waals surface area contributed by atoms with E-state index in [2.05, 4.69) is 0 Å². The highest BCUT2D eigenvalue weighted by Gasteiger charge is 2.24. The fraction of sp³-hybridized carbons (Fsp3) is 0.294. The van der Waals surface area contributed by atoms with Gasteiger partial charge in [-0.1, -0.05) is 36.8 Å². The zero-order valence-corrected chi connectivity index (χ0v) is 13.5. The molecular formula is C17H21NO2S. The number of aryl methyl sites for hydroxylation is 2. The molecule has 0 N–H and O–H groups in total. The minimum atomic E-state index is -3.52. The maximum atomic E-state index is 12.9. The number of hydrogen-bond acceptors (Lipinski definition) is 2. The van der Waals surface area contributed by atoms with Gasteiger partial charge in [-0.2, -0.15) is 0 Å². The summed E-state index contributed by atoms with van der Waals surface area (Å²) in [6.45, 7) is 6.36. The molecule has 0 saturated carbocycles. The van der Waals surface area contributed by atoms with Crippen molar-refractivity contribution in [3.05, 3.63) is 59.7 Å². The molecule has 0 bridgehead atoms. The smallest absolute Gasteiger partial charge is 0.264 e. The third-order valence-electron chi connectivity index (χ3n) is 3.33. The first-order valence-corrected chi connectivity index (χ1v) is 8.55. The molecule has 2 aromatic rings. The Balaban J connectivity index is 2.48. The van der Waals surface area contributed by atoms with Crippen LogP contribution in [0.2, 0.25) is 0 Å². The molecule has 21 heavy (non-hydrogen) atoms. The van der Waals surface area contributed by atoms with Gasteiger partial charge in [-0.05, 0) is 50.1 Å². The predicted molar refractivity (Wildman–Crippen MR) is 87.2 cm³/mol.